The van der Waals surface area contributed by atoms with Gasteiger partial charge in [-0.25, -0.2) is 0 Å². The largest absolute Gasteiger partial charge is 0.390 e. The molecule has 0 amide bonds. The molecular weight excluding hydrogens is 241 g/mol. The summed E-state index contributed by atoms with van der Waals surface area (Å²) in [5, 5.41) is 3.36. The third-order valence-corrected chi connectivity index (χ3v) is 3.26. The van der Waals surface area contributed by atoms with Gasteiger partial charge in [-0.2, -0.15) is 13.2 Å². The van der Waals surface area contributed by atoms with Crippen molar-refractivity contribution in [3.63, 3.8) is 0 Å². The molecule has 0 aliphatic rings. The molecule has 0 fully saturated rings. The maximum absolute atomic E-state index is 12.1. The quantitative estimate of drug-likeness (QED) is 0.646. The number of nitrogens with one attached hydrogen (secondary N) is 1. The lowest BCUT2D eigenvalue weighted by molar-refractivity contribution is -0.138. The van der Waals surface area contributed by atoms with Gasteiger partial charge in [0.15, 0.2) is 0 Å². The highest BCUT2D eigenvalue weighted by atomic mass is 19.4. The summed E-state index contributed by atoms with van der Waals surface area (Å²) in [6.07, 6.45) is -2.76. The van der Waals surface area contributed by atoms with Gasteiger partial charge in [0, 0.05) is 19.6 Å². The summed E-state index contributed by atoms with van der Waals surface area (Å²) in [6, 6.07) is 0. The van der Waals surface area contributed by atoms with Crippen molar-refractivity contribution in [1.29, 1.82) is 0 Å². The summed E-state index contributed by atoms with van der Waals surface area (Å²) < 4.78 is 36.4. The summed E-state index contributed by atoms with van der Waals surface area (Å²) in [5.41, 5.74) is 0.0372. The molecule has 1 unspecified atom stereocenters. The highest BCUT2D eigenvalue weighted by Crippen LogP contribution is 2.23. The van der Waals surface area contributed by atoms with Crippen LogP contribution < -0.4 is 5.32 Å². The minimum Gasteiger partial charge on any atom is -0.316 e. The average molecular weight is 268 g/mol. The molecule has 0 aliphatic carbocycles. The van der Waals surface area contributed by atoms with Crippen LogP contribution in [0.4, 0.5) is 13.2 Å². The number of halogens is 3. The van der Waals surface area contributed by atoms with E-state index in [4.69, 9.17) is 0 Å². The van der Waals surface area contributed by atoms with Crippen LogP contribution in [0.15, 0.2) is 0 Å². The molecule has 0 spiro atoms. The molecule has 2 nitrogen and oxygen atoms in total. The Bertz CT molecular complexity index is 219. The van der Waals surface area contributed by atoms with Crippen molar-refractivity contribution < 1.29 is 13.2 Å². The summed E-state index contributed by atoms with van der Waals surface area (Å²) >= 11 is 0. The SMILES string of the molecule is CCCNCC(C)(CC)CN(C)CCC(F)(F)F. The summed E-state index contributed by atoms with van der Waals surface area (Å²) in [6.45, 7) is 8.90. The van der Waals surface area contributed by atoms with Crippen molar-refractivity contribution in [3.8, 4) is 0 Å². The van der Waals surface area contributed by atoms with Gasteiger partial charge < -0.3 is 10.2 Å². The number of alkyl halides is 3. The van der Waals surface area contributed by atoms with Crippen LogP contribution in [0.5, 0.6) is 0 Å². The number of hydrogen-bond donors (Lipinski definition) is 1. The van der Waals surface area contributed by atoms with Crippen molar-refractivity contribution >= 4 is 0 Å². The van der Waals surface area contributed by atoms with Gasteiger partial charge in [0.25, 0.3) is 0 Å². The molecular formula is C13H27F3N2. The maximum atomic E-state index is 12.1. The average Bonchev–Trinajstić information content (AvgIpc) is 2.26. The minimum atomic E-state index is -4.06. The molecule has 0 saturated carbocycles. The predicted molar refractivity (Wildman–Crippen MR) is 69.7 cm³/mol. The molecule has 0 aromatic carbocycles. The van der Waals surface area contributed by atoms with Crippen molar-refractivity contribution in [1.82, 2.24) is 10.2 Å². The second-order valence-corrected chi connectivity index (χ2v) is 5.44. The van der Waals surface area contributed by atoms with E-state index >= 15 is 0 Å². The van der Waals surface area contributed by atoms with E-state index in [0.29, 0.717) is 6.54 Å². The van der Waals surface area contributed by atoms with E-state index in [1.54, 1.807) is 11.9 Å². The second kappa shape index (κ2) is 8.00. The normalized spacial score (nSPS) is 16.0. The standard InChI is InChI=1S/C13H27F3N2/c1-5-8-17-10-12(3,6-2)11-18(4)9-7-13(14,15)16/h17H,5-11H2,1-4H3. The fraction of sp³-hybridized carbons (Fsp3) is 1.00. The monoisotopic (exact) mass is 268 g/mol. The zero-order valence-electron chi connectivity index (χ0n) is 12.0. The first kappa shape index (κ1) is 17.7. The molecule has 0 bridgehead atoms. The Morgan fingerprint density at radius 3 is 2.22 bits per heavy atom. The van der Waals surface area contributed by atoms with E-state index in [2.05, 4.69) is 26.1 Å². The maximum Gasteiger partial charge on any atom is 0.390 e. The molecule has 1 N–H and O–H groups in total. The third-order valence-electron chi connectivity index (χ3n) is 3.26. The van der Waals surface area contributed by atoms with Gasteiger partial charge in [-0.15, -0.1) is 0 Å². The van der Waals surface area contributed by atoms with E-state index in [1.807, 2.05) is 0 Å². The lowest BCUT2D eigenvalue weighted by atomic mass is 9.86. The molecule has 18 heavy (non-hydrogen) atoms. The number of nitrogens with zero attached hydrogens (tertiary/aromatic N) is 1. The first-order valence-electron chi connectivity index (χ1n) is 6.68. The van der Waals surface area contributed by atoms with E-state index < -0.39 is 12.6 Å². The number of hydrogen-bond acceptors (Lipinski definition) is 2. The van der Waals surface area contributed by atoms with Crippen LogP contribution in [0.3, 0.4) is 0 Å². The van der Waals surface area contributed by atoms with Gasteiger partial charge in [0.1, 0.15) is 0 Å². The molecule has 5 heteroatoms. The Labute approximate surface area is 109 Å². The van der Waals surface area contributed by atoms with Crippen LogP contribution in [0.1, 0.15) is 40.0 Å². The Kier molecular flexibility index (Phi) is 7.87. The van der Waals surface area contributed by atoms with Crippen molar-refractivity contribution in [3.05, 3.63) is 0 Å². The summed E-state index contributed by atoms with van der Waals surface area (Å²) in [4.78, 5) is 1.78. The first-order chi connectivity index (χ1) is 8.22. The smallest absolute Gasteiger partial charge is 0.316 e. The van der Waals surface area contributed by atoms with Crippen LogP contribution >= 0.6 is 0 Å². The van der Waals surface area contributed by atoms with Gasteiger partial charge in [-0.3, -0.25) is 0 Å². The summed E-state index contributed by atoms with van der Waals surface area (Å²) in [7, 11) is 1.76. The van der Waals surface area contributed by atoms with Crippen LogP contribution in [-0.2, 0) is 0 Å². The van der Waals surface area contributed by atoms with E-state index in [-0.39, 0.29) is 12.0 Å². The van der Waals surface area contributed by atoms with Crippen LogP contribution in [0.2, 0.25) is 0 Å². The van der Waals surface area contributed by atoms with Crippen molar-refractivity contribution in [2.75, 3.05) is 33.2 Å². The zero-order chi connectivity index (χ0) is 14.2. The van der Waals surface area contributed by atoms with E-state index in [0.717, 1.165) is 25.9 Å². The molecule has 0 aromatic rings. The van der Waals surface area contributed by atoms with Crippen molar-refractivity contribution in [2.45, 2.75) is 46.2 Å². The molecule has 0 aliphatic heterocycles. The highest BCUT2D eigenvalue weighted by Gasteiger charge is 2.29. The van der Waals surface area contributed by atoms with Crippen molar-refractivity contribution in [2.24, 2.45) is 5.41 Å². The number of rotatable bonds is 9. The molecule has 0 saturated heterocycles. The third kappa shape index (κ3) is 8.75. The Morgan fingerprint density at radius 2 is 1.78 bits per heavy atom. The van der Waals surface area contributed by atoms with E-state index in [1.165, 1.54) is 0 Å². The Balaban J connectivity index is 4.08. The fourth-order valence-electron chi connectivity index (χ4n) is 1.91. The molecule has 110 valence electrons. The minimum absolute atomic E-state index is 0.0372. The van der Waals surface area contributed by atoms with Gasteiger partial charge in [-0.05, 0) is 31.8 Å². The lowest BCUT2D eigenvalue weighted by Gasteiger charge is -2.33. The summed E-state index contributed by atoms with van der Waals surface area (Å²) in [5.74, 6) is 0. The molecule has 0 heterocycles. The van der Waals surface area contributed by atoms with Gasteiger partial charge >= 0.3 is 6.18 Å². The van der Waals surface area contributed by atoms with Gasteiger partial charge in [0.2, 0.25) is 0 Å². The molecule has 1 atom stereocenters. The predicted octanol–water partition coefficient (Wildman–Crippen LogP) is 3.29. The molecule has 0 rings (SSSR count). The topological polar surface area (TPSA) is 15.3 Å². The zero-order valence-corrected chi connectivity index (χ0v) is 12.0. The van der Waals surface area contributed by atoms with Gasteiger partial charge in [-0.1, -0.05) is 20.8 Å². The van der Waals surface area contributed by atoms with Crippen LogP contribution in [0, 0.1) is 5.41 Å². The van der Waals surface area contributed by atoms with Crippen LogP contribution in [-0.4, -0.2) is 44.3 Å². The fourth-order valence-corrected chi connectivity index (χ4v) is 1.91. The molecule has 0 radical (unpaired) electrons. The highest BCUT2D eigenvalue weighted by molar-refractivity contribution is 4.79. The Morgan fingerprint density at radius 1 is 1.17 bits per heavy atom. The second-order valence-electron chi connectivity index (χ2n) is 5.44. The van der Waals surface area contributed by atoms with E-state index in [9.17, 15) is 13.2 Å². The molecule has 0 aromatic heterocycles. The van der Waals surface area contributed by atoms with Crippen LogP contribution in [0.25, 0.3) is 0 Å². The van der Waals surface area contributed by atoms with Gasteiger partial charge in [0.05, 0.1) is 6.42 Å². The lowest BCUT2D eigenvalue weighted by Crippen LogP contribution is -2.41. The first-order valence-corrected chi connectivity index (χ1v) is 6.68. The Hall–Kier alpha value is -0.290.